The fraction of sp³-hybridized carbons (Fsp3) is 0.333. The number of nitrogens with two attached hydrogens (primary N) is 1. The van der Waals surface area contributed by atoms with Gasteiger partial charge in [0.05, 0.1) is 0 Å². The van der Waals surface area contributed by atoms with E-state index in [1.807, 2.05) is 32.0 Å². The average Bonchev–Trinajstić information content (AvgIpc) is 2.69. The van der Waals surface area contributed by atoms with E-state index in [4.69, 9.17) is 10.3 Å². The maximum atomic E-state index is 5.73. The molecule has 17 heavy (non-hydrogen) atoms. The van der Waals surface area contributed by atoms with Crippen LogP contribution in [0.2, 0.25) is 0 Å². The zero-order valence-corrected chi connectivity index (χ0v) is 10.0. The van der Waals surface area contributed by atoms with Crippen LogP contribution in [0, 0.1) is 13.8 Å². The molecule has 5 nitrogen and oxygen atoms in total. The van der Waals surface area contributed by atoms with E-state index in [1.54, 1.807) is 0 Å². The normalized spacial score (nSPS) is 10.5. The molecule has 0 radical (unpaired) electrons. The maximum Gasteiger partial charge on any atom is 0.228 e. The highest BCUT2D eigenvalue weighted by Gasteiger charge is 2.03. The zero-order chi connectivity index (χ0) is 12.3. The van der Waals surface area contributed by atoms with Crippen molar-refractivity contribution in [2.75, 3.05) is 17.6 Å². The maximum absolute atomic E-state index is 5.73. The standard InChI is InChI=1S/C12H16N4O/c1-8-3-4-10(13)7-11(8)14-6-5-12-15-9(2)16-17-12/h3-4,7,14H,5-6,13H2,1-2H3. The van der Waals surface area contributed by atoms with E-state index in [9.17, 15) is 0 Å². The van der Waals surface area contributed by atoms with Crippen LogP contribution >= 0.6 is 0 Å². The first-order chi connectivity index (χ1) is 8.15. The number of benzene rings is 1. The molecule has 0 bridgehead atoms. The van der Waals surface area contributed by atoms with E-state index in [0.717, 1.165) is 17.9 Å². The lowest BCUT2D eigenvalue weighted by molar-refractivity contribution is 0.377. The van der Waals surface area contributed by atoms with Gasteiger partial charge in [-0.1, -0.05) is 11.2 Å². The van der Waals surface area contributed by atoms with Crippen LogP contribution in [0.5, 0.6) is 0 Å². The first-order valence-electron chi connectivity index (χ1n) is 5.54. The third kappa shape index (κ3) is 2.96. The molecular formula is C12H16N4O. The Morgan fingerprint density at radius 3 is 2.88 bits per heavy atom. The lowest BCUT2D eigenvalue weighted by Crippen LogP contribution is -2.06. The molecule has 0 aliphatic heterocycles. The Bertz CT molecular complexity index is 507. The highest BCUT2D eigenvalue weighted by Crippen LogP contribution is 2.17. The number of aromatic nitrogens is 2. The molecule has 5 heteroatoms. The van der Waals surface area contributed by atoms with Crippen LogP contribution in [0.3, 0.4) is 0 Å². The third-order valence-electron chi connectivity index (χ3n) is 2.49. The molecule has 0 aliphatic rings. The second kappa shape index (κ2) is 4.86. The Hall–Kier alpha value is -2.04. The van der Waals surface area contributed by atoms with Crippen LogP contribution in [-0.4, -0.2) is 16.7 Å². The number of hydrogen-bond donors (Lipinski definition) is 2. The molecule has 1 aromatic carbocycles. The van der Waals surface area contributed by atoms with Crippen molar-refractivity contribution < 1.29 is 4.52 Å². The van der Waals surface area contributed by atoms with Gasteiger partial charge < -0.3 is 15.6 Å². The molecular weight excluding hydrogens is 216 g/mol. The van der Waals surface area contributed by atoms with E-state index in [0.29, 0.717) is 18.1 Å². The van der Waals surface area contributed by atoms with Gasteiger partial charge in [-0.05, 0) is 31.5 Å². The molecule has 0 saturated heterocycles. The van der Waals surface area contributed by atoms with Gasteiger partial charge >= 0.3 is 0 Å². The Kier molecular flexibility index (Phi) is 3.27. The zero-order valence-electron chi connectivity index (χ0n) is 10.0. The second-order valence-electron chi connectivity index (χ2n) is 3.99. The van der Waals surface area contributed by atoms with Crippen molar-refractivity contribution in [1.29, 1.82) is 0 Å². The Labute approximate surface area is 100 Å². The summed E-state index contributed by atoms with van der Waals surface area (Å²) >= 11 is 0. The Balaban J connectivity index is 1.91. The Morgan fingerprint density at radius 1 is 1.35 bits per heavy atom. The third-order valence-corrected chi connectivity index (χ3v) is 2.49. The highest BCUT2D eigenvalue weighted by molar-refractivity contribution is 5.59. The van der Waals surface area contributed by atoms with Gasteiger partial charge in [0.1, 0.15) is 0 Å². The van der Waals surface area contributed by atoms with Crippen molar-refractivity contribution in [2.45, 2.75) is 20.3 Å². The number of hydrogen-bond acceptors (Lipinski definition) is 5. The number of anilines is 2. The molecule has 3 N–H and O–H groups in total. The predicted octanol–water partition coefficient (Wildman–Crippen LogP) is 1.92. The van der Waals surface area contributed by atoms with Crippen LogP contribution in [-0.2, 0) is 6.42 Å². The molecule has 1 heterocycles. The molecule has 1 aromatic heterocycles. The van der Waals surface area contributed by atoms with E-state index < -0.39 is 0 Å². The molecule has 0 atom stereocenters. The molecule has 0 aliphatic carbocycles. The lowest BCUT2D eigenvalue weighted by atomic mass is 10.2. The van der Waals surface area contributed by atoms with Gasteiger partial charge in [0.15, 0.2) is 5.82 Å². The van der Waals surface area contributed by atoms with Crippen LogP contribution in [0.15, 0.2) is 22.7 Å². The SMILES string of the molecule is Cc1noc(CCNc2cc(N)ccc2C)n1. The number of nitrogen functional groups attached to an aromatic ring is 1. The molecule has 0 unspecified atom stereocenters. The van der Waals surface area contributed by atoms with Gasteiger partial charge in [0.25, 0.3) is 0 Å². The fourth-order valence-corrected chi connectivity index (χ4v) is 1.58. The van der Waals surface area contributed by atoms with Gasteiger partial charge in [-0.15, -0.1) is 0 Å². The lowest BCUT2D eigenvalue weighted by Gasteiger charge is -2.08. The summed E-state index contributed by atoms with van der Waals surface area (Å²) in [5.41, 5.74) is 8.70. The van der Waals surface area contributed by atoms with E-state index in [-0.39, 0.29) is 0 Å². The summed E-state index contributed by atoms with van der Waals surface area (Å²) < 4.78 is 5.03. The van der Waals surface area contributed by atoms with Gasteiger partial charge in [0, 0.05) is 24.3 Å². The van der Waals surface area contributed by atoms with Crippen LogP contribution < -0.4 is 11.1 Å². The Morgan fingerprint density at radius 2 is 2.18 bits per heavy atom. The topological polar surface area (TPSA) is 77.0 Å². The van der Waals surface area contributed by atoms with Gasteiger partial charge in [-0.2, -0.15) is 4.98 Å². The molecule has 2 aromatic rings. The van der Waals surface area contributed by atoms with E-state index in [1.165, 1.54) is 5.56 Å². The summed E-state index contributed by atoms with van der Waals surface area (Å²) in [7, 11) is 0. The van der Waals surface area contributed by atoms with Crippen molar-refractivity contribution in [3.05, 3.63) is 35.5 Å². The molecule has 0 amide bonds. The summed E-state index contributed by atoms with van der Waals surface area (Å²) in [4.78, 5) is 4.14. The first kappa shape index (κ1) is 11.4. The molecule has 90 valence electrons. The quantitative estimate of drug-likeness (QED) is 0.787. The van der Waals surface area contributed by atoms with Crippen molar-refractivity contribution in [3.63, 3.8) is 0 Å². The largest absolute Gasteiger partial charge is 0.399 e. The van der Waals surface area contributed by atoms with Crippen molar-refractivity contribution >= 4 is 11.4 Å². The molecule has 0 saturated carbocycles. The van der Waals surface area contributed by atoms with E-state index in [2.05, 4.69) is 15.5 Å². The minimum atomic E-state index is 0.650. The van der Waals surface area contributed by atoms with Crippen molar-refractivity contribution in [2.24, 2.45) is 0 Å². The minimum absolute atomic E-state index is 0.650. The monoisotopic (exact) mass is 232 g/mol. The summed E-state index contributed by atoms with van der Waals surface area (Å²) in [5.74, 6) is 1.32. The van der Waals surface area contributed by atoms with Gasteiger partial charge in [-0.3, -0.25) is 0 Å². The molecule has 0 spiro atoms. The number of rotatable bonds is 4. The molecule has 0 fully saturated rings. The average molecular weight is 232 g/mol. The smallest absolute Gasteiger partial charge is 0.228 e. The van der Waals surface area contributed by atoms with Crippen LogP contribution in [0.25, 0.3) is 0 Å². The summed E-state index contributed by atoms with van der Waals surface area (Å²) in [6.07, 6.45) is 0.703. The summed E-state index contributed by atoms with van der Waals surface area (Å²) in [6.45, 7) is 4.59. The second-order valence-corrected chi connectivity index (χ2v) is 3.99. The highest BCUT2D eigenvalue weighted by atomic mass is 16.5. The first-order valence-corrected chi connectivity index (χ1v) is 5.54. The summed E-state index contributed by atoms with van der Waals surface area (Å²) in [5, 5.41) is 7.04. The molecule has 2 rings (SSSR count). The number of nitrogens with one attached hydrogen (secondary N) is 1. The van der Waals surface area contributed by atoms with Gasteiger partial charge in [0.2, 0.25) is 5.89 Å². The number of nitrogens with zero attached hydrogens (tertiary/aromatic N) is 2. The summed E-state index contributed by atoms with van der Waals surface area (Å²) in [6, 6.07) is 5.81. The van der Waals surface area contributed by atoms with Crippen LogP contribution in [0.4, 0.5) is 11.4 Å². The van der Waals surface area contributed by atoms with Crippen LogP contribution in [0.1, 0.15) is 17.3 Å². The van der Waals surface area contributed by atoms with Crippen molar-refractivity contribution in [1.82, 2.24) is 10.1 Å². The number of aryl methyl sites for hydroxylation is 2. The van der Waals surface area contributed by atoms with Gasteiger partial charge in [-0.25, -0.2) is 0 Å². The van der Waals surface area contributed by atoms with Crippen molar-refractivity contribution in [3.8, 4) is 0 Å². The predicted molar refractivity (Wildman–Crippen MR) is 66.8 cm³/mol. The fourth-order valence-electron chi connectivity index (χ4n) is 1.58. The van der Waals surface area contributed by atoms with E-state index >= 15 is 0 Å². The minimum Gasteiger partial charge on any atom is -0.399 e.